The van der Waals surface area contributed by atoms with Crippen molar-refractivity contribution in [1.29, 1.82) is 0 Å². The van der Waals surface area contributed by atoms with Crippen LogP contribution in [0.1, 0.15) is 20.3 Å². The molecule has 1 aromatic carbocycles. The van der Waals surface area contributed by atoms with Crippen LogP contribution < -0.4 is 11.1 Å². The Morgan fingerprint density at radius 1 is 1.40 bits per heavy atom. The van der Waals surface area contributed by atoms with Gasteiger partial charge in [-0.05, 0) is 30.5 Å². The predicted octanol–water partition coefficient (Wildman–Crippen LogP) is 3.40. The lowest BCUT2D eigenvalue weighted by atomic mass is 10.0. The Balaban J connectivity index is 2.41. The lowest BCUT2D eigenvalue weighted by Gasteiger charge is -2.21. The second-order valence-corrected chi connectivity index (χ2v) is 6.32. The van der Waals surface area contributed by atoms with E-state index in [0.717, 1.165) is 27.5 Å². The summed E-state index contributed by atoms with van der Waals surface area (Å²) in [4.78, 5) is 4.33. The highest BCUT2D eigenvalue weighted by Crippen LogP contribution is 2.31. The van der Waals surface area contributed by atoms with Gasteiger partial charge in [0.1, 0.15) is 0 Å². The number of hydrogen-bond donors (Lipinski definition) is 3. The minimum atomic E-state index is -0.0121. The quantitative estimate of drug-likeness (QED) is 0.781. The van der Waals surface area contributed by atoms with E-state index in [-0.39, 0.29) is 12.6 Å². The third-order valence-corrected chi connectivity index (χ3v) is 3.68. The highest BCUT2D eigenvalue weighted by Gasteiger charge is 2.14. The monoisotopic (exact) mass is 337 g/mol. The van der Waals surface area contributed by atoms with E-state index in [0.29, 0.717) is 11.6 Å². The number of benzene rings is 1. The number of nitrogen functional groups attached to an aromatic ring is 1. The van der Waals surface area contributed by atoms with Crippen molar-refractivity contribution in [2.45, 2.75) is 26.3 Å². The SMILES string of the molecule is CC(C)CC(CO)Nc1c(N)cnc2ccc(Br)cc12. The maximum Gasteiger partial charge on any atom is 0.0743 e. The van der Waals surface area contributed by atoms with E-state index in [4.69, 9.17) is 5.73 Å². The Bertz CT molecular complexity index is 596. The molecule has 0 saturated carbocycles. The van der Waals surface area contributed by atoms with Crippen LogP contribution >= 0.6 is 15.9 Å². The van der Waals surface area contributed by atoms with E-state index in [1.165, 1.54) is 0 Å². The van der Waals surface area contributed by atoms with Gasteiger partial charge in [0.2, 0.25) is 0 Å². The molecule has 1 heterocycles. The standard InChI is InChI=1S/C15H20BrN3O/c1-9(2)5-11(8-20)19-15-12-6-10(16)3-4-14(12)18-7-13(15)17/h3-4,6-7,9,11,20H,5,8,17H2,1-2H3,(H,18,19). The molecule has 0 spiro atoms. The van der Waals surface area contributed by atoms with Crippen LogP contribution in [0, 0.1) is 5.92 Å². The number of hydrogen-bond acceptors (Lipinski definition) is 4. The lowest BCUT2D eigenvalue weighted by Crippen LogP contribution is -2.26. The van der Waals surface area contributed by atoms with Crippen LogP contribution in [0.5, 0.6) is 0 Å². The number of fused-ring (bicyclic) bond motifs is 1. The first-order valence-corrected chi connectivity index (χ1v) is 7.51. The fourth-order valence-electron chi connectivity index (χ4n) is 2.29. The number of aromatic nitrogens is 1. The van der Waals surface area contributed by atoms with Gasteiger partial charge in [0, 0.05) is 15.9 Å². The van der Waals surface area contributed by atoms with Gasteiger partial charge in [-0.15, -0.1) is 0 Å². The van der Waals surface area contributed by atoms with Crippen LogP contribution in [0.4, 0.5) is 11.4 Å². The topological polar surface area (TPSA) is 71.2 Å². The van der Waals surface area contributed by atoms with E-state index in [1.807, 2.05) is 18.2 Å². The smallest absolute Gasteiger partial charge is 0.0743 e. The van der Waals surface area contributed by atoms with Crippen LogP contribution in [0.15, 0.2) is 28.9 Å². The average Bonchev–Trinajstić information content (AvgIpc) is 2.40. The van der Waals surface area contributed by atoms with E-state index < -0.39 is 0 Å². The molecule has 108 valence electrons. The zero-order valence-electron chi connectivity index (χ0n) is 11.7. The van der Waals surface area contributed by atoms with Gasteiger partial charge < -0.3 is 16.2 Å². The van der Waals surface area contributed by atoms with Gasteiger partial charge in [-0.25, -0.2) is 0 Å². The van der Waals surface area contributed by atoms with Gasteiger partial charge in [-0.3, -0.25) is 4.98 Å². The summed E-state index contributed by atoms with van der Waals surface area (Å²) in [5.74, 6) is 0.501. The summed E-state index contributed by atoms with van der Waals surface area (Å²) in [7, 11) is 0. The third-order valence-electron chi connectivity index (χ3n) is 3.18. The number of nitrogens with one attached hydrogen (secondary N) is 1. The molecular weight excluding hydrogens is 318 g/mol. The number of pyridine rings is 1. The molecule has 4 N–H and O–H groups in total. The Labute approximate surface area is 127 Å². The highest BCUT2D eigenvalue weighted by atomic mass is 79.9. The van der Waals surface area contributed by atoms with Gasteiger partial charge in [0.15, 0.2) is 0 Å². The molecule has 1 unspecified atom stereocenters. The Morgan fingerprint density at radius 3 is 2.80 bits per heavy atom. The summed E-state index contributed by atoms with van der Waals surface area (Å²) in [6, 6.07) is 5.87. The lowest BCUT2D eigenvalue weighted by molar-refractivity contribution is 0.259. The molecule has 4 nitrogen and oxygen atoms in total. The van der Waals surface area contributed by atoms with Crippen molar-refractivity contribution >= 4 is 38.2 Å². The van der Waals surface area contributed by atoms with Gasteiger partial charge in [0.05, 0.1) is 29.7 Å². The first-order chi connectivity index (χ1) is 9.51. The minimum Gasteiger partial charge on any atom is -0.396 e. The van der Waals surface area contributed by atoms with E-state index >= 15 is 0 Å². The summed E-state index contributed by atoms with van der Waals surface area (Å²) in [5, 5.41) is 13.8. The van der Waals surface area contributed by atoms with Crippen molar-refractivity contribution in [2.75, 3.05) is 17.7 Å². The van der Waals surface area contributed by atoms with Crippen LogP contribution in [0.2, 0.25) is 0 Å². The molecule has 2 rings (SSSR count). The second kappa shape index (κ2) is 6.41. The van der Waals surface area contributed by atoms with Crippen molar-refractivity contribution in [3.8, 4) is 0 Å². The summed E-state index contributed by atoms with van der Waals surface area (Å²) < 4.78 is 0.977. The number of aliphatic hydroxyl groups excluding tert-OH is 1. The molecule has 0 fully saturated rings. The average molecular weight is 338 g/mol. The molecule has 0 aliphatic rings. The fraction of sp³-hybridized carbons (Fsp3) is 0.400. The molecule has 0 bridgehead atoms. The molecule has 0 amide bonds. The summed E-state index contributed by atoms with van der Waals surface area (Å²) >= 11 is 3.47. The van der Waals surface area contributed by atoms with Crippen molar-refractivity contribution in [1.82, 2.24) is 4.98 Å². The molecular formula is C15H20BrN3O. The number of halogens is 1. The van der Waals surface area contributed by atoms with Crippen molar-refractivity contribution in [3.63, 3.8) is 0 Å². The second-order valence-electron chi connectivity index (χ2n) is 5.40. The van der Waals surface area contributed by atoms with Gasteiger partial charge in [-0.2, -0.15) is 0 Å². The summed E-state index contributed by atoms with van der Waals surface area (Å²) in [6.07, 6.45) is 2.54. The molecule has 5 heteroatoms. The number of nitrogens with zero attached hydrogens (tertiary/aromatic N) is 1. The Kier molecular flexibility index (Phi) is 4.83. The third kappa shape index (κ3) is 3.41. The Hall–Kier alpha value is -1.33. The molecule has 1 aromatic heterocycles. The van der Waals surface area contributed by atoms with Gasteiger partial charge >= 0.3 is 0 Å². The van der Waals surface area contributed by atoms with Gasteiger partial charge in [-0.1, -0.05) is 29.8 Å². The Morgan fingerprint density at radius 2 is 2.15 bits per heavy atom. The first-order valence-electron chi connectivity index (χ1n) is 6.72. The number of anilines is 2. The van der Waals surface area contributed by atoms with Crippen molar-refractivity contribution < 1.29 is 5.11 Å². The normalized spacial score (nSPS) is 12.8. The van der Waals surface area contributed by atoms with Crippen molar-refractivity contribution in [2.24, 2.45) is 5.92 Å². The van der Waals surface area contributed by atoms with E-state index in [2.05, 4.69) is 40.1 Å². The molecule has 0 aliphatic carbocycles. The molecule has 0 aliphatic heterocycles. The summed E-state index contributed by atoms with van der Waals surface area (Å²) in [5.41, 5.74) is 8.37. The van der Waals surface area contributed by atoms with Crippen LogP contribution in [0.25, 0.3) is 10.9 Å². The number of nitrogens with two attached hydrogens (primary N) is 1. The zero-order chi connectivity index (χ0) is 14.7. The van der Waals surface area contributed by atoms with Crippen LogP contribution in [-0.4, -0.2) is 22.7 Å². The molecule has 20 heavy (non-hydrogen) atoms. The van der Waals surface area contributed by atoms with Crippen LogP contribution in [-0.2, 0) is 0 Å². The first kappa shape index (κ1) is 15.1. The fourth-order valence-corrected chi connectivity index (χ4v) is 2.65. The summed E-state index contributed by atoms with van der Waals surface area (Å²) in [6.45, 7) is 4.35. The largest absolute Gasteiger partial charge is 0.396 e. The minimum absolute atomic E-state index is 0.0121. The molecule has 0 saturated heterocycles. The molecule has 0 radical (unpaired) electrons. The zero-order valence-corrected chi connectivity index (χ0v) is 13.3. The number of aliphatic hydroxyl groups is 1. The highest BCUT2D eigenvalue weighted by molar-refractivity contribution is 9.10. The van der Waals surface area contributed by atoms with Crippen molar-refractivity contribution in [3.05, 3.63) is 28.9 Å². The molecule has 2 aromatic rings. The van der Waals surface area contributed by atoms with E-state index in [1.54, 1.807) is 6.20 Å². The maximum atomic E-state index is 9.53. The predicted molar refractivity (Wildman–Crippen MR) is 87.8 cm³/mol. The van der Waals surface area contributed by atoms with Crippen LogP contribution in [0.3, 0.4) is 0 Å². The number of rotatable bonds is 5. The molecule has 1 atom stereocenters. The van der Waals surface area contributed by atoms with Gasteiger partial charge in [0.25, 0.3) is 0 Å². The van der Waals surface area contributed by atoms with E-state index in [9.17, 15) is 5.11 Å². The maximum absolute atomic E-state index is 9.53.